The molecule has 1 atom stereocenters. The Labute approximate surface area is 78.2 Å². The Balaban J connectivity index is 3.80. The van der Waals surface area contributed by atoms with Crippen LogP contribution in [0.5, 0.6) is 0 Å². The number of amides is 2. The second-order valence-electron chi connectivity index (χ2n) is 2.73. The van der Waals surface area contributed by atoms with Gasteiger partial charge in [-0.25, -0.2) is 9.59 Å². The van der Waals surface area contributed by atoms with Crippen molar-refractivity contribution in [3.05, 3.63) is 0 Å². The van der Waals surface area contributed by atoms with Crippen molar-refractivity contribution >= 4 is 24.3 Å². The molecule has 70 valence electrons. The van der Waals surface area contributed by atoms with Gasteiger partial charge in [0.05, 0.1) is 12.3 Å². The van der Waals surface area contributed by atoms with Gasteiger partial charge in [0.25, 0.3) is 0 Å². The van der Waals surface area contributed by atoms with Crippen LogP contribution in [0.4, 0.5) is 0 Å². The van der Waals surface area contributed by atoms with Crippen molar-refractivity contribution in [1.29, 1.82) is 1.12 Å². The minimum Gasteiger partial charge on any atom is -0.295 e. The Morgan fingerprint density at radius 1 is 1.42 bits per heavy atom. The minimum absolute atomic E-state index is 0.143. The summed E-state index contributed by atoms with van der Waals surface area (Å²) in [6.45, 7) is 0. The molecule has 12 heavy (non-hydrogen) atoms. The molecule has 0 aromatic carbocycles. The van der Waals surface area contributed by atoms with Crippen molar-refractivity contribution in [1.82, 2.24) is 0 Å². The highest BCUT2D eigenvalue weighted by Gasteiger charge is 2.18. The number of carbonyl (C=O) groups is 2. The fourth-order valence-electron chi connectivity index (χ4n) is 0.944. The number of rotatable bonds is 7. The highest BCUT2D eigenvalue weighted by atomic mass is 32.1. The first-order valence-electron chi connectivity index (χ1n) is 4.27. The third kappa shape index (κ3) is 5.29. The highest BCUT2D eigenvalue weighted by Crippen LogP contribution is 2.10. The first-order valence-corrected chi connectivity index (χ1v) is 4.44. The van der Waals surface area contributed by atoms with E-state index in [4.69, 9.17) is 1.12 Å². The monoisotopic (exact) mass is 194 g/mol. The number of carbonyl (C=O) groups excluding carboxylic acids is 2. The van der Waals surface area contributed by atoms with Gasteiger partial charge in [-0.15, -0.1) is 0 Å². The summed E-state index contributed by atoms with van der Waals surface area (Å²) in [6, 6.07) is 0. The van der Waals surface area contributed by atoms with E-state index in [1.165, 1.54) is 0 Å². The largest absolute Gasteiger partial charge is 0.311 e. The van der Waals surface area contributed by atoms with Crippen LogP contribution in [0.3, 0.4) is 0 Å². The second-order valence-corrected chi connectivity index (χ2v) is 3.14. The van der Waals surface area contributed by atoms with Gasteiger partial charge < -0.3 is 0 Å². The average Bonchev–Trinajstić information content (AvgIpc) is 2.03. The maximum absolute atomic E-state index is 10.9. The third-order valence-electron chi connectivity index (χ3n) is 1.69. The Hall–Kier alpha value is -0.390. The molecule has 0 aliphatic rings. The van der Waals surface area contributed by atoms with Crippen molar-refractivity contribution < 1.29 is 21.1 Å². The van der Waals surface area contributed by atoms with Crippen LogP contribution < -0.4 is 11.5 Å². The molecular formula is C7H16N2O2S+2. The van der Waals surface area contributed by atoms with E-state index in [0.29, 0.717) is 25.0 Å². The summed E-state index contributed by atoms with van der Waals surface area (Å²) in [7, 11) is 0. The molecule has 4 nitrogen and oxygen atoms in total. The van der Waals surface area contributed by atoms with Gasteiger partial charge in [-0.05, 0) is 18.6 Å². The lowest BCUT2D eigenvalue weighted by Gasteiger charge is -2.05. The predicted molar refractivity (Wildman–Crippen MR) is 47.0 cm³/mol. The van der Waals surface area contributed by atoms with E-state index in [0.717, 1.165) is 12.5 Å². The standard InChI is InChI=1S/C7H14N2O2S/c8-6(10)2-1-5(3-4-12)7(9)11/h5,12H,1-4H2,(H2,8,10)(H2,9,11)/p+2/i/hT. The lowest BCUT2D eigenvalue weighted by atomic mass is 10.00. The number of quaternary nitrogens is 2. The van der Waals surface area contributed by atoms with Crippen LogP contribution in [0.1, 0.15) is 19.3 Å². The Morgan fingerprint density at radius 2 is 2.08 bits per heavy atom. The van der Waals surface area contributed by atoms with Gasteiger partial charge >= 0.3 is 11.8 Å². The molecule has 0 aromatic heterocycles. The molecule has 1 unspecified atom stereocenters. The number of thiol groups is 1. The van der Waals surface area contributed by atoms with E-state index in [9.17, 15) is 9.59 Å². The average molecular weight is 194 g/mol. The summed E-state index contributed by atoms with van der Waals surface area (Å²) in [6.07, 6.45) is 1.48. The summed E-state index contributed by atoms with van der Waals surface area (Å²) >= 11 is 0.951. The fraction of sp³-hybridized carbons (Fsp3) is 0.714. The predicted octanol–water partition coefficient (Wildman–Crippen LogP) is -1.76. The summed E-state index contributed by atoms with van der Waals surface area (Å²) in [4.78, 5) is 21.5. The number of hydrogen-bond donors (Lipinski definition) is 3. The summed E-state index contributed by atoms with van der Waals surface area (Å²) < 4.78 is 6.86. The van der Waals surface area contributed by atoms with Crippen LogP contribution in [0.15, 0.2) is 0 Å². The maximum atomic E-state index is 10.9. The molecular weight excluding hydrogens is 176 g/mol. The van der Waals surface area contributed by atoms with E-state index in [1.54, 1.807) is 0 Å². The smallest absolute Gasteiger partial charge is 0.295 e. The first kappa shape index (κ1) is 9.70. The Morgan fingerprint density at radius 3 is 2.50 bits per heavy atom. The Bertz CT molecular complexity index is 189. The molecule has 0 aliphatic carbocycles. The topological polar surface area (TPSA) is 89.4 Å². The van der Waals surface area contributed by atoms with Crippen LogP contribution in [-0.4, -0.2) is 18.7 Å². The number of hydrogen-bond acceptors (Lipinski definition) is 3. The lowest BCUT2D eigenvalue weighted by Crippen LogP contribution is -2.61. The van der Waals surface area contributed by atoms with Gasteiger partial charge in [-0.3, -0.25) is 11.5 Å². The molecule has 5 heteroatoms. The zero-order chi connectivity index (χ0) is 10.3. The fourth-order valence-corrected chi connectivity index (χ4v) is 1.23. The zero-order valence-corrected chi connectivity index (χ0v) is 7.86. The van der Waals surface area contributed by atoms with Crippen LogP contribution in [0.2, 0.25) is 0 Å². The van der Waals surface area contributed by atoms with Crippen molar-refractivity contribution in [2.45, 2.75) is 19.3 Å². The quantitative estimate of drug-likeness (QED) is 0.419. The van der Waals surface area contributed by atoms with E-state index in [2.05, 4.69) is 11.5 Å². The van der Waals surface area contributed by atoms with Gasteiger partial charge in [0.2, 0.25) is 0 Å². The molecule has 2 amide bonds. The summed E-state index contributed by atoms with van der Waals surface area (Å²) in [5.74, 6) is 0.140. The lowest BCUT2D eigenvalue weighted by molar-refractivity contribution is -0.313. The molecule has 0 saturated carbocycles. The van der Waals surface area contributed by atoms with Gasteiger partial charge in [0.15, 0.2) is 0 Å². The van der Waals surface area contributed by atoms with E-state index < -0.39 is 0 Å². The van der Waals surface area contributed by atoms with Crippen molar-refractivity contribution in [3.8, 4) is 0 Å². The van der Waals surface area contributed by atoms with Gasteiger partial charge in [-0.1, -0.05) is 0 Å². The normalized spacial score (nSPS) is 13.7. The third-order valence-corrected chi connectivity index (χ3v) is 1.93. The molecule has 0 aliphatic heterocycles. The molecule has 0 spiro atoms. The molecule has 0 radical (unpaired) electrons. The molecule has 0 rings (SSSR count). The summed E-state index contributed by atoms with van der Waals surface area (Å²) in [5, 5.41) is 0. The zero-order valence-electron chi connectivity index (χ0n) is 8.04. The maximum Gasteiger partial charge on any atom is 0.311 e. The van der Waals surface area contributed by atoms with Crippen LogP contribution >= 0.6 is 12.5 Å². The molecule has 0 heterocycles. The van der Waals surface area contributed by atoms with E-state index in [-0.39, 0.29) is 17.7 Å². The molecule has 6 N–H and O–H groups in total. The SMILES string of the molecule is [3H]SCCC(CCC([NH3+])=O)C([NH3+])=O. The summed E-state index contributed by atoms with van der Waals surface area (Å²) in [5.41, 5.74) is 6.57. The van der Waals surface area contributed by atoms with Crippen LogP contribution in [0, 0.1) is 5.92 Å². The molecule has 0 bridgehead atoms. The van der Waals surface area contributed by atoms with Crippen molar-refractivity contribution in [2.24, 2.45) is 5.92 Å². The minimum atomic E-state index is -0.177. The van der Waals surface area contributed by atoms with E-state index >= 15 is 0 Å². The van der Waals surface area contributed by atoms with Crippen LogP contribution in [0.25, 0.3) is 0 Å². The molecule has 0 aromatic rings. The van der Waals surface area contributed by atoms with Gasteiger partial charge in [0.1, 0.15) is 1.12 Å². The molecule has 0 fully saturated rings. The second kappa shape index (κ2) is 6.16. The van der Waals surface area contributed by atoms with Gasteiger partial charge in [-0.2, -0.15) is 12.5 Å². The van der Waals surface area contributed by atoms with E-state index in [1.807, 2.05) is 0 Å². The first-order chi connectivity index (χ1) is 6.07. The molecule has 0 saturated heterocycles. The van der Waals surface area contributed by atoms with Crippen LogP contribution in [-0.2, 0) is 9.59 Å². The van der Waals surface area contributed by atoms with Crippen molar-refractivity contribution in [3.63, 3.8) is 0 Å². The Kier molecular flexibility index (Phi) is 4.98. The van der Waals surface area contributed by atoms with Gasteiger partial charge in [0, 0.05) is 0 Å². The van der Waals surface area contributed by atoms with Crippen molar-refractivity contribution in [2.75, 3.05) is 5.75 Å². The highest BCUT2D eigenvalue weighted by molar-refractivity contribution is 7.80.